The molecule has 0 aliphatic heterocycles. The molecule has 0 saturated carbocycles. The summed E-state index contributed by atoms with van der Waals surface area (Å²) in [6.45, 7) is 2.95. The summed E-state index contributed by atoms with van der Waals surface area (Å²) in [6.07, 6.45) is 2.58. The van der Waals surface area contributed by atoms with Gasteiger partial charge in [0.1, 0.15) is 0 Å². The molecule has 0 aliphatic carbocycles. The number of nitrogens with two attached hydrogens (primary N) is 1. The normalized spacial score (nSPS) is 10.7. The van der Waals surface area contributed by atoms with E-state index in [4.69, 9.17) is 24.7 Å². The van der Waals surface area contributed by atoms with Crippen molar-refractivity contribution in [3.05, 3.63) is 66.4 Å². The van der Waals surface area contributed by atoms with Gasteiger partial charge in [-0.25, -0.2) is 9.98 Å². The lowest BCUT2D eigenvalue weighted by Gasteiger charge is -2.13. The molecule has 1 aromatic heterocycles. The Morgan fingerprint density at radius 3 is 2.45 bits per heavy atom. The van der Waals surface area contributed by atoms with Gasteiger partial charge in [-0.15, -0.1) is 24.0 Å². The Kier molecular flexibility index (Phi) is 10.5. The average Bonchev–Trinajstić information content (AvgIpc) is 2.83. The Bertz CT molecular complexity index is 1060. The second-order valence-electron chi connectivity index (χ2n) is 6.76. The third kappa shape index (κ3) is 7.41. The monoisotopic (exact) mass is 564 g/mol. The quantitative estimate of drug-likeness (QED) is 0.198. The fraction of sp³-hybridized carbons (Fsp3) is 0.250. The number of para-hydroxylation sites is 2. The molecule has 0 spiro atoms. The van der Waals surface area contributed by atoms with Gasteiger partial charge in [0.15, 0.2) is 29.0 Å². The molecule has 0 unspecified atom stereocenters. The van der Waals surface area contributed by atoms with Crippen LogP contribution >= 0.6 is 24.0 Å². The number of ether oxygens (including phenoxy) is 4. The van der Waals surface area contributed by atoms with E-state index >= 15 is 0 Å². The number of nitrogens with one attached hydrogen (secondary N) is 1. The van der Waals surface area contributed by atoms with E-state index in [2.05, 4.69) is 22.2 Å². The average molecular weight is 564 g/mol. The largest absolute Gasteiger partial charge is 0.493 e. The maximum absolute atomic E-state index is 6.08. The summed E-state index contributed by atoms with van der Waals surface area (Å²) >= 11 is 0. The van der Waals surface area contributed by atoms with E-state index in [0.717, 1.165) is 17.7 Å². The first kappa shape index (κ1) is 26.0. The van der Waals surface area contributed by atoms with E-state index in [0.29, 0.717) is 35.5 Å². The van der Waals surface area contributed by atoms with Crippen LogP contribution in [0.15, 0.2) is 65.8 Å². The van der Waals surface area contributed by atoms with Gasteiger partial charge in [0.05, 0.1) is 27.4 Å². The van der Waals surface area contributed by atoms with Crippen molar-refractivity contribution in [2.24, 2.45) is 10.7 Å². The van der Waals surface area contributed by atoms with E-state index in [-0.39, 0.29) is 36.5 Å². The van der Waals surface area contributed by atoms with Gasteiger partial charge in [0.25, 0.3) is 0 Å². The van der Waals surface area contributed by atoms with Crippen LogP contribution in [0.4, 0.5) is 5.69 Å². The van der Waals surface area contributed by atoms with Crippen LogP contribution in [-0.2, 0) is 6.54 Å². The molecule has 9 heteroatoms. The molecule has 0 bridgehead atoms. The summed E-state index contributed by atoms with van der Waals surface area (Å²) in [6, 6.07) is 16.6. The zero-order valence-corrected chi connectivity index (χ0v) is 21.2. The van der Waals surface area contributed by atoms with Crippen molar-refractivity contribution in [3.8, 4) is 28.9 Å². The smallest absolute Gasteiger partial charge is 0.224 e. The van der Waals surface area contributed by atoms with E-state index in [1.165, 1.54) is 0 Å². The molecule has 176 valence electrons. The van der Waals surface area contributed by atoms with Gasteiger partial charge in [0.2, 0.25) is 5.88 Å². The first-order chi connectivity index (χ1) is 15.6. The lowest BCUT2D eigenvalue weighted by molar-refractivity contribution is 0.300. The number of rotatable bonds is 10. The van der Waals surface area contributed by atoms with Gasteiger partial charge in [-0.05, 0) is 36.8 Å². The molecule has 0 radical (unpaired) electrons. The molecule has 0 saturated heterocycles. The summed E-state index contributed by atoms with van der Waals surface area (Å²) in [5.74, 6) is 3.19. The summed E-state index contributed by atoms with van der Waals surface area (Å²) in [7, 11) is 3.16. The van der Waals surface area contributed by atoms with Gasteiger partial charge in [-0.1, -0.05) is 25.1 Å². The third-order valence-corrected chi connectivity index (χ3v) is 4.44. The molecule has 8 nitrogen and oxygen atoms in total. The molecule has 3 rings (SSSR count). The van der Waals surface area contributed by atoms with Crippen molar-refractivity contribution in [1.29, 1.82) is 0 Å². The highest BCUT2D eigenvalue weighted by Crippen LogP contribution is 2.32. The number of benzene rings is 2. The Morgan fingerprint density at radius 2 is 1.73 bits per heavy atom. The van der Waals surface area contributed by atoms with Crippen LogP contribution in [-0.4, -0.2) is 31.8 Å². The van der Waals surface area contributed by atoms with Gasteiger partial charge in [-0.2, -0.15) is 0 Å². The Balaban J connectivity index is 0.00000385. The number of pyridine rings is 1. The molecule has 0 aliphatic rings. The van der Waals surface area contributed by atoms with Crippen LogP contribution in [0.2, 0.25) is 0 Å². The van der Waals surface area contributed by atoms with Crippen molar-refractivity contribution >= 4 is 35.6 Å². The number of hydrogen-bond donors (Lipinski definition) is 2. The predicted octanol–water partition coefficient (Wildman–Crippen LogP) is 5.22. The summed E-state index contributed by atoms with van der Waals surface area (Å²) < 4.78 is 22.4. The van der Waals surface area contributed by atoms with Crippen molar-refractivity contribution in [2.45, 2.75) is 19.9 Å². The fourth-order valence-electron chi connectivity index (χ4n) is 2.88. The van der Waals surface area contributed by atoms with Crippen LogP contribution in [0, 0.1) is 0 Å². The molecular formula is C24H29IN4O4. The maximum Gasteiger partial charge on any atom is 0.224 e. The Morgan fingerprint density at radius 1 is 0.970 bits per heavy atom. The van der Waals surface area contributed by atoms with Crippen LogP contribution in [0.5, 0.6) is 28.9 Å². The van der Waals surface area contributed by atoms with Crippen LogP contribution in [0.1, 0.15) is 18.9 Å². The van der Waals surface area contributed by atoms with Crippen LogP contribution in [0.25, 0.3) is 0 Å². The standard InChI is InChI=1S/C24H28N4O4.HI/c1-4-14-31-20-9-5-6-10-21(20)32-23-17(8-7-13-26-23)16-27-24(25)28-18-11-12-19(29-2)22(15-18)30-3;/h5-13,15H,4,14,16H2,1-3H3,(H3,25,27,28);1H. The van der Waals surface area contributed by atoms with E-state index in [1.807, 2.05) is 42.5 Å². The van der Waals surface area contributed by atoms with E-state index in [9.17, 15) is 0 Å². The lowest BCUT2D eigenvalue weighted by Crippen LogP contribution is -2.22. The first-order valence-electron chi connectivity index (χ1n) is 10.3. The summed E-state index contributed by atoms with van der Waals surface area (Å²) in [4.78, 5) is 8.78. The highest BCUT2D eigenvalue weighted by molar-refractivity contribution is 14.0. The second kappa shape index (κ2) is 13.4. The lowest BCUT2D eigenvalue weighted by atomic mass is 10.2. The molecule has 33 heavy (non-hydrogen) atoms. The number of aliphatic imine (C=N–C) groups is 1. The number of methoxy groups -OCH3 is 2. The Labute approximate surface area is 211 Å². The highest BCUT2D eigenvalue weighted by atomic mass is 127. The minimum Gasteiger partial charge on any atom is -0.493 e. The number of hydrogen-bond acceptors (Lipinski definition) is 6. The predicted molar refractivity (Wildman–Crippen MR) is 140 cm³/mol. The summed E-state index contributed by atoms with van der Waals surface area (Å²) in [5, 5.41) is 3.05. The minimum atomic E-state index is 0. The molecule has 3 aromatic rings. The molecule has 0 atom stereocenters. The topological polar surface area (TPSA) is 100 Å². The maximum atomic E-state index is 6.08. The van der Waals surface area contributed by atoms with Crippen LogP contribution in [0.3, 0.4) is 0 Å². The van der Waals surface area contributed by atoms with E-state index in [1.54, 1.807) is 32.5 Å². The molecule has 0 amide bonds. The second-order valence-corrected chi connectivity index (χ2v) is 6.76. The van der Waals surface area contributed by atoms with Crippen molar-refractivity contribution < 1.29 is 18.9 Å². The van der Waals surface area contributed by atoms with Crippen LogP contribution < -0.4 is 30.0 Å². The SMILES string of the molecule is CCCOc1ccccc1Oc1ncccc1CN=C(N)Nc1ccc(OC)c(OC)c1.I. The number of nitrogens with zero attached hydrogens (tertiary/aromatic N) is 2. The number of aromatic nitrogens is 1. The van der Waals surface area contributed by atoms with Crippen molar-refractivity contribution in [1.82, 2.24) is 4.98 Å². The summed E-state index contributed by atoms with van der Waals surface area (Å²) in [5.41, 5.74) is 7.60. The van der Waals surface area contributed by atoms with Crippen molar-refractivity contribution in [2.75, 3.05) is 26.1 Å². The third-order valence-electron chi connectivity index (χ3n) is 4.44. The molecule has 1 heterocycles. The van der Waals surface area contributed by atoms with Gasteiger partial charge < -0.3 is 30.0 Å². The zero-order valence-electron chi connectivity index (χ0n) is 18.9. The molecular weight excluding hydrogens is 535 g/mol. The first-order valence-corrected chi connectivity index (χ1v) is 10.3. The van der Waals surface area contributed by atoms with Gasteiger partial charge in [0, 0.05) is 23.5 Å². The Hall–Kier alpha value is -3.21. The number of halogens is 1. The van der Waals surface area contributed by atoms with Crippen molar-refractivity contribution in [3.63, 3.8) is 0 Å². The van der Waals surface area contributed by atoms with Gasteiger partial charge >= 0.3 is 0 Å². The minimum absolute atomic E-state index is 0. The van der Waals surface area contributed by atoms with E-state index < -0.39 is 0 Å². The van der Waals surface area contributed by atoms with Gasteiger partial charge in [-0.3, -0.25) is 0 Å². The number of anilines is 1. The highest BCUT2D eigenvalue weighted by Gasteiger charge is 2.11. The molecule has 2 aromatic carbocycles. The molecule has 3 N–H and O–H groups in total. The fourth-order valence-corrected chi connectivity index (χ4v) is 2.88. The zero-order chi connectivity index (χ0) is 22.8. The molecule has 0 fully saturated rings. The number of guanidine groups is 1.